The zero-order chi connectivity index (χ0) is 22.3. The molecule has 1 amide bonds. The predicted octanol–water partition coefficient (Wildman–Crippen LogP) is 2.71. The number of nitrogens with one attached hydrogen (secondary N) is 2. The predicted molar refractivity (Wildman–Crippen MR) is 115 cm³/mol. The first-order chi connectivity index (χ1) is 14.2. The molecule has 1 heterocycles. The van der Waals surface area contributed by atoms with Crippen molar-refractivity contribution in [1.82, 2.24) is 15.3 Å². The van der Waals surface area contributed by atoms with Gasteiger partial charge in [0.25, 0.3) is 0 Å². The van der Waals surface area contributed by atoms with Gasteiger partial charge < -0.3 is 20.8 Å². The maximum absolute atomic E-state index is 13.4. The van der Waals surface area contributed by atoms with E-state index >= 15 is 0 Å². The lowest BCUT2D eigenvalue weighted by Crippen LogP contribution is -2.26. The second-order valence-corrected chi connectivity index (χ2v) is 7.30. The molecule has 0 saturated heterocycles. The summed E-state index contributed by atoms with van der Waals surface area (Å²) in [5, 5.41) is 25.7. The van der Waals surface area contributed by atoms with E-state index in [0.717, 1.165) is 5.69 Å². The quantitative estimate of drug-likeness (QED) is 0.501. The molecule has 0 saturated carbocycles. The normalized spacial score (nSPS) is 13.5. The van der Waals surface area contributed by atoms with E-state index < -0.39 is 12.2 Å². The Morgan fingerprint density at radius 3 is 2.40 bits per heavy atom. The van der Waals surface area contributed by atoms with Crippen LogP contribution >= 0.6 is 0 Å². The fraction of sp³-hybridized carbons (Fsp3) is 0.409. The summed E-state index contributed by atoms with van der Waals surface area (Å²) in [6.07, 6.45) is 1.26. The molecule has 2 aromatic rings. The first kappa shape index (κ1) is 23.4. The molecule has 0 aliphatic rings. The van der Waals surface area contributed by atoms with Gasteiger partial charge in [0.15, 0.2) is 0 Å². The van der Waals surface area contributed by atoms with E-state index in [9.17, 15) is 19.4 Å². The van der Waals surface area contributed by atoms with Crippen molar-refractivity contribution in [3.8, 4) is 11.3 Å². The van der Waals surface area contributed by atoms with Crippen molar-refractivity contribution in [2.45, 2.75) is 44.8 Å². The molecule has 0 fully saturated rings. The van der Waals surface area contributed by atoms with Crippen LogP contribution in [0.25, 0.3) is 17.3 Å². The van der Waals surface area contributed by atoms with Crippen molar-refractivity contribution < 1.29 is 19.4 Å². The largest absolute Gasteiger partial charge is 0.392 e. The van der Waals surface area contributed by atoms with Crippen LogP contribution in [0.15, 0.2) is 30.3 Å². The van der Waals surface area contributed by atoms with E-state index in [1.165, 1.54) is 19.2 Å². The van der Waals surface area contributed by atoms with Crippen LogP contribution in [0.1, 0.15) is 43.9 Å². The van der Waals surface area contributed by atoms with Crippen LogP contribution in [0, 0.1) is 5.82 Å². The highest BCUT2D eigenvalue weighted by atomic mass is 19.1. The van der Waals surface area contributed by atoms with Gasteiger partial charge in [0, 0.05) is 31.6 Å². The Hall–Kier alpha value is -2.84. The van der Waals surface area contributed by atoms with Crippen molar-refractivity contribution in [2.75, 3.05) is 19.4 Å². The molecular weight excluding hydrogens is 387 g/mol. The molecule has 0 spiro atoms. The third-order valence-electron chi connectivity index (χ3n) is 4.56. The maximum atomic E-state index is 13.4. The lowest BCUT2D eigenvalue weighted by Gasteiger charge is -2.16. The monoisotopic (exact) mass is 416 g/mol. The summed E-state index contributed by atoms with van der Waals surface area (Å²) in [5.41, 5.74) is 2.79. The average molecular weight is 416 g/mol. The zero-order valence-corrected chi connectivity index (χ0v) is 17.7. The summed E-state index contributed by atoms with van der Waals surface area (Å²) in [6, 6.07) is 6.01. The van der Waals surface area contributed by atoms with E-state index in [0.29, 0.717) is 22.8 Å². The first-order valence-corrected chi connectivity index (χ1v) is 9.85. The number of halogens is 1. The Balaban J connectivity index is 2.40. The van der Waals surface area contributed by atoms with Crippen molar-refractivity contribution in [2.24, 2.45) is 0 Å². The highest BCUT2D eigenvalue weighted by Gasteiger charge is 2.18. The molecule has 0 aliphatic heterocycles. The van der Waals surface area contributed by atoms with Gasteiger partial charge in [0.05, 0.1) is 30.0 Å². The fourth-order valence-corrected chi connectivity index (χ4v) is 2.99. The van der Waals surface area contributed by atoms with Crippen molar-refractivity contribution in [1.29, 1.82) is 0 Å². The maximum Gasteiger partial charge on any atom is 0.223 e. The molecule has 0 bridgehead atoms. The highest BCUT2D eigenvalue weighted by Crippen LogP contribution is 2.30. The van der Waals surface area contributed by atoms with Gasteiger partial charge in [-0.3, -0.25) is 4.79 Å². The number of carbonyl (C=O) groups is 1. The van der Waals surface area contributed by atoms with Crippen LogP contribution < -0.4 is 10.6 Å². The number of amides is 1. The summed E-state index contributed by atoms with van der Waals surface area (Å²) in [6.45, 7) is 3.99. The number of benzene rings is 1. The van der Waals surface area contributed by atoms with Crippen LogP contribution in [-0.4, -0.2) is 52.4 Å². The molecule has 0 radical (unpaired) electrons. The van der Waals surface area contributed by atoms with E-state index in [-0.39, 0.29) is 30.5 Å². The lowest BCUT2D eigenvalue weighted by atomic mass is 9.97. The van der Waals surface area contributed by atoms with Crippen LogP contribution in [0.3, 0.4) is 0 Å². The Labute approximate surface area is 176 Å². The molecule has 2 atom stereocenters. The van der Waals surface area contributed by atoms with E-state index in [1.807, 2.05) is 13.8 Å². The minimum absolute atomic E-state index is 0.0161. The van der Waals surface area contributed by atoms with E-state index in [2.05, 4.69) is 20.6 Å². The Kier molecular flexibility index (Phi) is 8.44. The van der Waals surface area contributed by atoms with Gasteiger partial charge in [0.2, 0.25) is 11.9 Å². The van der Waals surface area contributed by atoms with Gasteiger partial charge in [-0.25, -0.2) is 14.4 Å². The number of hydrogen-bond donors (Lipinski definition) is 4. The molecule has 4 N–H and O–H groups in total. The molecule has 1 aromatic heterocycles. The first-order valence-electron chi connectivity index (χ1n) is 9.85. The number of aromatic nitrogens is 2. The second-order valence-electron chi connectivity index (χ2n) is 7.30. The lowest BCUT2D eigenvalue weighted by molar-refractivity contribution is -0.122. The highest BCUT2D eigenvalue weighted by molar-refractivity contribution is 5.76. The number of anilines is 1. The summed E-state index contributed by atoms with van der Waals surface area (Å²) in [7, 11) is 3.21. The van der Waals surface area contributed by atoms with Crippen molar-refractivity contribution >= 4 is 17.9 Å². The Bertz CT molecular complexity index is 885. The van der Waals surface area contributed by atoms with Crippen LogP contribution in [0.2, 0.25) is 0 Å². The number of rotatable bonds is 9. The second kappa shape index (κ2) is 10.8. The molecule has 162 valence electrons. The number of hydrogen-bond acceptors (Lipinski definition) is 6. The molecule has 0 aliphatic carbocycles. The number of aliphatic hydroxyl groups is 2. The zero-order valence-electron chi connectivity index (χ0n) is 17.7. The Morgan fingerprint density at radius 2 is 1.83 bits per heavy atom. The van der Waals surface area contributed by atoms with Gasteiger partial charge in [-0.15, -0.1) is 0 Å². The minimum atomic E-state index is -0.964. The third kappa shape index (κ3) is 6.33. The summed E-state index contributed by atoms with van der Waals surface area (Å²) < 4.78 is 13.4. The van der Waals surface area contributed by atoms with E-state index in [1.54, 1.807) is 31.3 Å². The number of nitrogens with zero attached hydrogens (tertiary/aromatic N) is 2. The van der Waals surface area contributed by atoms with Gasteiger partial charge in [-0.2, -0.15) is 0 Å². The topological polar surface area (TPSA) is 107 Å². The van der Waals surface area contributed by atoms with Crippen LogP contribution in [-0.2, 0) is 4.79 Å². The van der Waals surface area contributed by atoms with Crippen LogP contribution in [0.4, 0.5) is 10.3 Å². The standard InChI is InChI=1S/C22H29FN4O3/c1-13(2)20-18(10-9-16(28)11-17(29)12-19(30)24-3)21(27-22(25-4)26-20)14-5-7-15(23)8-6-14/h5-10,13,16-17,28-29H,11-12H2,1-4H3,(H,24,30)(H,25,26,27)/b10-9+/t16-,17-/m1/s1. The number of aliphatic hydroxyl groups excluding tert-OH is 2. The molecular formula is C22H29FN4O3. The third-order valence-corrected chi connectivity index (χ3v) is 4.56. The van der Waals surface area contributed by atoms with Gasteiger partial charge in [-0.1, -0.05) is 26.0 Å². The summed E-state index contributed by atoms with van der Waals surface area (Å²) in [4.78, 5) is 20.5. The average Bonchev–Trinajstić information content (AvgIpc) is 2.71. The van der Waals surface area contributed by atoms with Crippen LogP contribution in [0.5, 0.6) is 0 Å². The van der Waals surface area contributed by atoms with Gasteiger partial charge >= 0.3 is 0 Å². The van der Waals surface area contributed by atoms with Crippen molar-refractivity contribution in [3.63, 3.8) is 0 Å². The smallest absolute Gasteiger partial charge is 0.223 e. The fourth-order valence-electron chi connectivity index (χ4n) is 2.99. The molecule has 0 unspecified atom stereocenters. The molecule has 7 nitrogen and oxygen atoms in total. The molecule has 30 heavy (non-hydrogen) atoms. The van der Waals surface area contributed by atoms with Gasteiger partial charge in [-0.05, 0) is 30.2 Å². The Morgan fingerprint density at radius 1 is 1.17 bits per heavy atom. The minimum Gasteiger partial charge on any atom is -0.392 e. The molecule has 2 rings (SSSR count). The van der Waals surface area contributed by atoms with Crippen molar-refractivity contribution in [3.05, 3.63) is 47.4 Å². The van der Waals surface area contributed by atoms with E-state index in [4.69, 9.17) is 0 Å². The van der Waals surface area contributed by atoms with Gasteiger partial charge in [0.1, 0.15) is 5.82 Å². The number of carbonyl (C=O) groups excluding carboxylic acids is 1. The molecule has 1 aromatic carbocycles. The summed E-state index contributed by atoms with van der Waals surface area (Å²) >= 11 is 0. The SMILES string of the molecule is CNC(=O)C[C@H](O)C[C@H](O)/C=C/c1c(-c2ccc(F)cc2)nc(NC)nc1C(C)C. The molecule has 8 heteroatoms. The summed E-state index contributed by atoms with van der Waals surface area (Å²) in [5.74, 6) is -0.134.